The second-order valence-corrected chi connectivity index (χ2v) is 4.21. The molecule has 1 atom stereocenters. The molecule has 0 aliphatic heterocycles. The number of nitrogens with zero attached hydrogens (tertiary/aromatic N) is 1. The van der Waals surface area contributed by atoms with E-state index in [1.54, 1.807) is 31.2 Å². The van der Waals surface area contributed by atoms with Crippen LogP contribution in [0.3, 0.4) is 0 Å². The quantitative estimate of drug-likeness (QED) is 0.820. The molecule has 1 aromatic rings. The number of benzene rings is 1. The molecule has 1 rings (SSSR count). The van der Waals surface area contributed by atoms with Crippen molar-refractivity contribution in [2.24, 2.45) is 0 Å². The van der Waals surface area contributed by atoms with E-state index in [0.29, 0.717) is 23.5 Å². The molecule has 0 aliphatic carbocycles. The van der Waals surface area contributed by atoms with E-state index in [4.69, 9.17) is 11.6 Å². The van der Waals surface area contributed by atoms with Gasteiger partial charge in [0, 0.05) is 11.6 Å². The van der Waals surface area contributed by atoms with Crippen LogP contribution in [0.1, 0.15) is 19.4 Å². The molecule has 1 aromatic carbocycles. The highest BCUT2D eigenvalue weighted by atomic mass is 35.5. The van der Waals surface area contributed by atoms with Crippen LogP contribution in [0.5, 0.6) is 0 Å². The monoisotopic (exact) mass is 255 g/mol. The lowest BCUT2D eigenvalue weighted by Gasteiger charge is -2.34. The van der Waals surface area contributed by atoms with E-state index in [1.807, 2.05) is 0 Å². The molecule has 0 saturated carbocycles. The van der Waals surface area contributed by atoms with Crippen LogP contribution in [0.2, 0.25) is 5.02 Å². The maximum Gasteiger partial charge on any atom is 0.334 e. The van der Waals surface area contributed by atoms with Crippen molar-refractivity contribution < 1.29 is 14.7 Å². The largest absolute Gasteiger partial charge is 0.479 e. The Hall–Kier alpha value is -1.55. The van der Waals surface area contributed by atoms with Crippen LogP contribution in [-0.2, 0) is 15.1 Å². The van der Waals surface area contributed by atoms with Gasteiger partial charge in [0.2, 0.25) is 6.41 Å². The SMILES string of the molecule is CCN(C=O)C(C)(C(=O)O)c1ccc(Cl)cc1. The van der Waals surface area contributed by atoms with Crippen molar-refractivity contribution in [3.8, 4) is 0 Å². The molecule has 0 heterocycles. The summed E-state index contributed by atoms with van der Waals surface area (Å²) in [5.41, 5.74) is -0.857. The molecule has 0 aliphatic rings. The molecule has 0 spiro atoms. The zero-order valence-electron chi connectivity index (χ0n) is 9.68. The molecule has 1 amide bonds. The number of carboxylic acids is 1. The third-order valence-corrected chi connectivity index (χ3v) is 3.12. The standard InChI is InChI=1S/C12H14ClNO3/c1-3-14(8-15)12(2,11(16)17)9-4-6-10(13)7-5-9/h4-8H,3H2,1-2H3,(H,16,17). The van der Waals surface area contributed by atoms with Crippen molar-refractivity contribution in [2.75, 3.05) is 6.54 Å². The fraction of sp³-hybridized carbons (Fsp3) is 0.333. The number of likely N-dealkylation sites (N-methyl/N-ethyl adjacent to an activating group) is 1. The lowest BCUT2D eigenvalue weighted by Crippen LogP contribution is -2.49. The molecule has 4 nitrogen and oxygen atoms in total. The summed E-state index contributed by atoms with van der Waals surface area (Å²) in [7, 11) is 0. The predicted octanol–water partition coefficient (Wildman–Crippen LogP) is 2.12. The number of amides is 1. The summed E-state index contributed by atoms with van der Waals surface area (Å²) in [5, 5.41) is 9.88. The van der Waals surface area contributed by atoms with Crippen LogP contribution >= 0.6 is 11.6 Å². The van der Waals surface area contributed by atoms with Crippen LogP contribution < -0.4 is 0 Å². The highest BCUT2D eigenvalue weighted by molar-refractivity contribution is 6.30. The Balaban J connectivity index is 3.29. The highest BCUT2D eigenvalue weighted by Crippen LogP contribution is 2.28. The third-order valence-electron chi connectivity index (χ3n) is 2.87. The fourth-order valence-electron chi connectivity index (χ4n) is 1.68. The lowest BCUT2D eigenvalue weighted by molar-refractivity contribution is -0.154. The number of carbonyl (C=O) groups is 2. The summed E-state index contributed by atoms with van der Waals surface area (Å²) in [6.07, 6.45) is 0.544. The van der Waals surface area contributed by atoms with E-state index < -0.39 is 11.5 Å². The van der Waals surface area contributed by atoms with E-state index in [2.05, 4.69) is 0 Å². The summed E-state index contributed by atoms with van der Waals surface area (Å²) in [5.74, 6) is -1.08. The molecular formula is C12H14ClNO3. The van der Waals surface area contributed by atoms with Gasteiger partial charge in [-0.3, -0.25) is 4.79 Å². The Morgan fingerprint density at radius 3 is 2.35 bits per heavy atom. The average Bonchev–Trinajstić information content (AvgIpc) is 2.30. The molecule has 0 aromatic heterocycles. The van der Waals surface area contributed by atoms with Gasteiger partial charge in [0.05, 0.1) is 0 Å². The van der Waals surface area contributed by atoms with Crippen molar-refractivity contribution in [1.29, 1.82) is 0 Å². The first-order valence-corrected chi connectivity index (χ1v) is 5.56. The molecule has 92 valence electrons. The maximum atomic E-state index is 11.4. The molecule has 1 N–H and O–H groups in total. The summed E-state index contributed by atoms with van der Waals surface area (Å²) in [6.45, 7) is 3.54. The van der Waals surface area contributed by atoms with Crippen molar-refractivity contribution in [3.63, 3.8) is 0 Å². The number of carboxylic acid groups (broad SMARTS) is 1. The predicted molar refractivity (Wildman–Crippen MR) is 64.9 cm³/mol. The van der Waals surface area contributed by atoms with E-state index in [-0.39, 0.29) is 0 Å². The minimum Gasteiger partial charge on any atom is -0.479 e. The van der Waals surface area contributed by atoms with Crippen LogP contribution in [0, 0.1) is 0 Å². The van der Waals surface area contributed by atoms with Gasteiger partial charge in [-0.25, -0.2) is 4.79 Å². The van der Waals surface area contributed by atoms with Gasteiger partial charge in [-0.15, -0.1) is 0 Å². The van der Waals surface area contributed by atoms with Gasteiger partial charge in [0.1, 0.15) is 0 Å². The molecule has 0 saturated heterocycles. The van der Waals surface area contributed by atoms with Gasteiger partial charge in [-0.1, -0.05) is 23.7 Å². The first kappa shape index (κ1) is 13.5. The zero-order valence-corrected chi connectivity index (χ0v) is 10.4. The molecule has 1 unspecified atom stereocenters. The van der Waals surface area contributed by atoms with E-state index in [9.17, 15) is 14.7 Å². The average molecular weight is 256 g/mol. The fourth-order valence-corrected chi connectivity index (χ4v) is 1.81. The van der Waals surface area contributed by atoms with Crippen molar-refractivity contribution in [2.45, 2.75) is 19.4 Å². The van der Waals surface area contributed by atoms with E-state index >= 15 is 0 Å². The number of rotatable bonds is 5. The van der Waals surface area contributed by atoms with Crippen LogP contribution in [0.15, 0.2) is 24.3 Å². The summed E-state index contributed by atoms with van der Waals surface area (Å²) in [6, 6.07) is 6.44. The lowest BCUT2D eigenvalue weighted by atomic mass is 9.90. The van der Waals surface area contributed by atoms with Gasteiger partial charge in [0.25, 0.3) is 0 Å². The molecule has 0 radical (unpaired) electrons. The van der Waals surface area contributed by atoms with E-state index in [0.717, 1.165) is 0 Å². The van der Waals surface area contributed by atoms with Crippen LogP contribution in [-0.4, -0.2) is 28.9 Å². The second kappa shape index (κ2) is 5.19. The first-order chi connectivity index (χ1) is 7.96. The van der Waals surface area contributed by atoms with Crippen molar-refractivity contribution in [3.05, 3.63) is 34.9 Å². The minimum atomic E-state index is -1.37. The van der Waals surface area contributed by atoms with Gasteiger partial charge in [-0.05, 0) is 31.5 Å². The van der Waals surface area contributed by atoms with Crippen LogP contribution in [0.4, 0.5) is 0 Å². The normalized spacial score (nSPS) is 13.8. The molecule has 0 fully saturated rings. The Morgan fingerprint density at radius 2 is 2.00 bits per heavy atom. The smallest absolute Gasteiger partial charge is 0.334 e. The number of hydrogen-bond donors (Lipinski definition) is 1. The van der Waals surface area contributed by atoms with Gasteiger partial charge in [-0.2, -0.15) is 0 Å². The molecule has 0 bridgehead atoms. The number of aliphatic carboxylic acids is 1. The third kappa shape index (κ3) is 2.42. The van der Waals surface area contributed by atoms with Gasteiger partial charge < -0.3 is 10.0 Å². The maximum absolute atomic E-state index is 11.4. The van der Waals surface area contributed by atoms with Crippen LogP contribution in [0.25, 0.3) is 0 Å². The van der Waals surface area contributed by atoms with E-state index in [1.165, 1.54) is 11.8 Å². The van der Waals surface area contributed by atoms with Crippen molar-refractivity contribution in [1.82, 2.24) is 4.90 Å². The summed E-state index contributed by atoms with van der Waals surface area (Å²) in [4.78, 5) is 23.6. The first-order valence-electron chi connectivity index (χ1n) is 5.18. The Bertz CT molecular complexity index is 418. The van der Waals surface area contributed by atoms with Gasteiger partial charge in [0.15, 0.2) is 5.54 Å². The van der Waals surface area contributed by atoms with Gasteiger partial charge >= 0.3 is 5.97 Å². The van der Waals surface area contributed by atoms with Crippen molar-refractivity contribution >= 4 is 24.0 Å². The number of hydrogen-bond acceptors (Lipinski definition) is 2. The summed E-state index contributed by atoms with van der Waals surface area (Å²) >= 11 is 5.76. The Kier molecular flexibility index (Phi) is 4.12. The Morgan fingerprint density at radius 1 is 1.47 bits per heavy atom. The molecular weight excluding hydrogens is 242 g/mol. The zero-order chi connectivity index (χ0) is 13.1. The minimum absolute atomic E-state index is 0.314. The Labute approximate surface area is 105 Å². The molecule has 17 heavy (non-hydrogen) atoms. The highest BCUT2D eigenvalue weighted by Gasteiger charge is 2.40. The number of halogens is 1. The summed E-state index contributed by atoms with van der Waals surface area (Å²) < 4.78 is 0. The number of carbonyl (C=O) groups excluding carboxylic acids is 1. The topological polar surface area (TPSA) is 57.6 Å². The second-order valence-electron chi connectivity index (χ2n) is 3.78. The molecule has 5 heteroatoms.